The molecule has 20 heavy (non-hydrogen) atoms. The molecule has 1 amide bonds. The maximum absolute atomic E-state index is 11.8. The maximum atomic E-state index is 11.8. The van der Waals surface area contributed by atoms with Gasteiger partial charge in [-0.05, 0) is 18.2 Å². The number of halogens is 1. The van der Waals surface area contributed by atoms with Gasteiger partial charge in [-0.3, -0.25) is 4.79 Å². The summed E-state index contributed by atoms with van der Waals surface area (Å²) in [6.45, 7) is 0. The van der Waals surface area contributed by atoms with E-state index in [0.717, 1.165) is 5.16 Å². The molecule has 2 rings (SSSR count). The number of rotatable bonds is 5. The van der Waals surface area contributed by atoms with Crippen molar-refractivity contribution in [3.8, 4) is 0 Å². The molecule has 5 nitrogen and oxygen atoms in total. The van der Waals surface area contributed by atoms with E-state index in [9.17, 15) is 4.79 Å². The maximum Gasteiger partial charge on any atom is 0.225 e. The van der Waals surface area contributed by atoms with E-state index in [1.54, 1.807) is 24.4 Å². The average Bonchev–Trinajstić information content (AvgIpc) is 2.80. The predicted molar refractivity (Wildman–Crippen MR) is 83.0 cm³/mol. The number of aryl methyl sites for hydroxylation is 1. The van der Waals surface area contributed by atoms with Gasteiger partial charge in [0.25, 0.3) is 0 Å². The Morgan fingerprint density at radius 1 is 1.55 bits per heavy atom. The molecule has 1 heterocycles. The number of hydrogen-bond acceptors (Lipinski definition) is 4. The molecule has 0 aliphatic rings. The van der Waals surface area contributed by atoms with Gasteiger partial charge in [0.05, 0.1) is 11.4 Å². The molecule has 0 bridgehead atoms. The SMILES string of the molecule is Cn1ccnc1SCCC(=O)Nc1cc(Cl)ccc1N. The number of nitrogens with zero attached hydrogens (tertiary/aromatic N) is 2. The number of carbonyl (C=O) groups excluding carboxylic acids is 1. The normalized spacial score (nSPS) is 10.5. The summed E-state index contributed by atoms with van der Waals surface area (Å²) in [5, 5.41) is 4.18. The quantitative estimate of drug-likeness (QED) is 0.658. The van der Waals surface area contributed by atoms with Crippen molar-refractivity contribution in [1.29, 1.82) is 0 Å². The van der Waals surface area contributed by atoms with Gasteiger partial charge < -0.3 is 15.6 Å². The largest absolute Gasteiger partial charge is 0.397 e. The molecule has 7 heteroatoms. The lowest BCUT2D eigenvalue weighted by molar-refractivity contribution is -0.115. The number of nitrogens with one attached hydrogen (secondary N) is 1. The molecule has 0 saturated carbocycles. The van der Waals surface area contributed by atoms with Gasteiger partial charge >= 0.3 is 0 Å². The number of thioether (sulfide) groups is 1. The zero-order valence-electron chi connectivity index (χ0n) is 11.0. The van der Waals surface area contributed by atoms with E-state index < -0.39 is 0 Å². The molecule has 0 spiro atoms. The number of amides is 1. The van der Waals surface area contributed by atoms with Crippen molar-refractivity contribution in [3.05, 3.63) is 35.6 Å². The summed E-state index contributed by atoms with van der Waals surface area (Å²) in [4.78, 5) is 16.0. The second kappa shape index (κ2) is 6.67. The Labute approximate surface area is 126 Å². The van der Waals surface area contributed by atoms with E-state index in [0.29, 0.717) is 28.6 Å². The Bertz CT molecular complexity index is 614. The van der Waals surface area contributed by atoms with Crippen LogP contribution in [0.4, 0.5) is 11.4 Å². The number of nitrogens with two attached hydrogens (primary N) is 1. The third kappa shape index (κ3) is 3.91. The Balaban J connectivity index is 1.84. The molecule has 0 unspecified atom stereocenters. The summed E-state index contributed by atoms with van der Waals surface area (Å²) < 4.78 is 1.91. The average molecular weight is 311 g/mol. The minimum Gasteiger partial charge on any atom is -0.397 e. The molecule has 1 aromatic carbocycles. The fraction of sp³-hybridized carbons (Fsp3) is 0.231. The highest BCUT2D eigenvalue weighted by Gasteiger charge is 2.07. The number of imidazole rings is 1. The van der Waals surface area contributed by atoms with Crippen molar-refractivity contribution in [3.63, 3.8) is 0 Å². The van der Waals surface area contributed by atoms with E-state index >= 15 is 0 Å². The van der Waals surface area contributed by atoms with Gasteiger partial charge in [0.15, 0.2) is 5.16 Å². The Morgan fingerprint density at radius 2 is 2.35 bits per heavy atom. The molecule has 0 aliphatic carbocycles. The van der Waals surface area contributed by atoms with E-state index in [-0.39, 0.29) is 5.91 Å². The highest BCUT2D eigenvalue weighted by molar-refractivity contribution is 7.99. The number of carbonyl (C=O) groups is 1. The summed E-state index contributed by atoms with van der Waals surface area (Å²) in [5.74, 6) is 0.553. The van der Waals surface area contributed by atoms with Crippen LogP contribution in [-0.2, 0) is 11.8 Å². The van der Waals surface area contributed by atoms with Crippen LogP contribution in [0.5, 0.6) is 0 Å². The Kier molecular flexibility index (Phi) is 4.92. The van der Waals surface area contributed by atoms with E-state index in [1.807, 2.05) is 17.8 Å². The smallest absolute Gasteiger partial charge is 0.225 e. The zero-order valence-corrected chi connectivity index (χ0v) is 12.5. The van der Waals surface area contributed by atoms with Gasteiger partial charge in [0.2, 0.25) is 5.91 Å². The zero-order chi connectivity index (χ0) is 14.5. The molecule has 106 valence electrons. The van der Waals surface area contributed by atoms with Crippen molar-refractivity contribution in [2.75, 3.05) is 16.8 Å². The molecule has 3 N–H and O–H groups in total. The van der Waals surface area contributed by atoms with E-state index in [2.05, 4.69) is 10.3 Å². The lowest BCUT2D eigenvalue weighted by Gasteiger charge is -2.08. The second-order valence-electron chi connectivity index (χ2n) is 4.20. The predicted octanol–water partition coefficient (Wildman–Crippen LogP) is 2.78. The summed E-state index contributed by atoms with van der Waals surface area (Å²) >= 11 is 7.40. The minimum atomic E-state index is -0.0966. The molecular formula is C13H15ClN4OS. The van der Waals surface area contributed by atoms with E-state index in [1.165, 1.54) is 11.8 Å². The van der Waals surface area contributed by atoms with Gasteiger partial charge in [-0.2, -0.15) is 0 Å². The Hall–Kier alpha value is -1.66. The first kappa shape index (κ1) is 14.7. The van der Waals surface area contributed by atoms with Crippen LogP contribution in [-0.4, -0.2) is 21.2 Å². The van der Waals surface area contributed by atoms with Gasteiger partial charge in [0.1, 0.15) is 0 Å². The first-order chi connectivity index (χ1) is 9.56. The third-order valence-corrected chi connectivity index (χ3v) is 3.92. The first-order valence-corrected chi connectivity index (χ1v) is 7.37. The molecule has 0 fully saturated rings. The number of nitrogen functional groups attached to an aromatic ring is 1. The summed E-state index contributed by atoms with van der Waals surface area (Å²) in [7, 11) is 1.92. The monoisotopic (exact) mass is 310 g/mol. The lowest BCUT2D eigenvalue weighted by Crippen LogP contribution is -2.13. The van der Waals surface area contributed by atoms with Crippen LogP contribution in [0.25, 0.3) is 0 Å². The van der Waals surface area contributed by atoms with Gasteiger partial charge in [-0.15, -0.1) is 0 Å². The van der Waals surface area contributed by atoms with Crippen molar-refractivity contribution in [1.82, 2.24) is 9.55 Å². The first-order valence-electron chi connectivity index (χ1n) is 6.01. The van der Waals surface area contributed by atoms with E-state index in [4.69, 9.17) is 17.3 Å². The number of aromatic nitrogens is 2. The van der Waals surface area contributed by atoms with Crippen molar-refractivity contribution >= 4 is 40.6 Å². The van der Waals surface area contributed by atoms with Crippen LogP contribution in [0, 0.1) is 0 Å². The fourth-order valence-corrected chi connectivity index (χ4v) is 2.62. The van der Waals surface area contributed by atoms with Gasteiger partial charge in [-0.1, -0.05) is 23.4 Å². The topological polar surface area (TPSA) is 72.9 Å². The molecule has 0 saturated heterocycles. The van der Waals surface area contributed by atoms with Crippen LogP contribution >= 0.6 is 23.4 Å². The number of anilines is 2. The third-order valence-electron chi connectivity index (χ3n) is 2.63. The Morgan fingerprint density at radius 3 is 3.05 bits per heavy atom. The van der Waals surface area contributed by atoms with Crippen LogP contribution < -0.4 is 11.1 Å². The molecule has 1 aromatic heterocycles. The highest BCUT2D eigenvalue weighted by Crippen LogP contribution is 2.23. The molecule has 2 aromatic rings. The van der Waals surface area contributed by atoms with Crippen LogP contribution in [0.15, 0.2) is 35.7 Å². The minimum absolute atomic E-state index is 0.0966. The van der Waals surface area contributed by atoms with Crippen molar-refractivity contribution in [2.45, 2.75) is 11.6 Å². The highest BCUT2D eigenvalue weighted by atomic mass is 35.5. The standard InChI is InChI=1S/C13H15ClN4OS/c1-18-6-5-16-13(18)20-7-4-12(19)17-11-8-9(14)2-3-10(11)15/h2-3,5-6,8H,4,7,15H2,1H3,(H,17,19). The van der Waals surface area contributed by atoms with Crippen molar-refractivity contribution in [2.24, 2.45) is 7.05 Å². The second-order valence-corrected chi connectivity index (χ2v) is 5.70. The summed E-state index contributed by atoms with van der Waals surface area (Å²) in [6.07, 6.45) is 3.98. The summed E-state index contributed by atoms with van der Waals surface area (Å²) in [5.41, 5.74) is 6.82. The summed E-state index contributed by atoms with van der Waals surface area (Å²) in [6, 6.07) is 4.99. The van der Waals surface area contributed by atoms with Crippen LogP contribution in [0.3, 0.4) is 0 Å². The van der Waals surface area contributed by atoms with Crippen LogP contribution in [0.2, 0.25) is 5.02 Å². The van der Waals surface area contributed by atoms with Gasteiger partial charge in [0, 0.05) is 36.6 Å². The molecule has 0 radical (unpaired) electrons. The number of hydrogen-bond donors (Lipinski definition) is 2. The van der Waals surface area contributed by atoms with Crippen LogP contribution in [0.1, 0.15) is 6.42 Å². The molecular weight excluding hydrogens is 296 g/mol. The lowest BCUT2D eigenvalue weighted by atomic mass is 10.2. The molecule has 0 aliphatic heterocycles. The fourth-order valence-electron chi connectivity index (χ4n) is 1.58. The van der Waals surface area contributed by atoms with Gasteiger partial charge in [-0.25, -0.2) is 4.98 Å². The molecule has 0 atom stereocenters. The number of benzene rings is 1. The van der Waals surface area contributed by atoms with Crippen molar-refractivity contribution < 1.29 is 4.79 Å².